The van der Waals surface area contributed by atoms with Crippen molar-refractivity contribution in [1.29, 1.82) is 0 Å². The van der Waals surface area contributed by atoms with Gasteiger partial charge >= 0.3 is 5.97 Å². The van der Waals surface area contributed by atoms with Crippen LogP contribution in [0.25, 0.3) is 0 Å². The highest BCUT2D eigenvalue weighted by Crippen LogP contribution is 2.23. The summed E-state index contributed by atoms with van der Waals surface area (Å²) >= 11 is 0. The molecular formula is C58H105NO10. The molecule has 1 amide bonds. The highest BCUT2D eigenvalue weighted by Gasteiger charge is 2.44. The molecule has 11 heteroatoms. The maximum Gasteiger partial charge on any atom is 0.305 e. The summed E-state index contributed by atoms with van der Waals surface area (Å²) in [6.07, 6.45) is 49.0. The standard InChI is InChI=1S/C58H105NO10/c1-3-5-7-9-11-13-15-16-18-21-25-28-32-36-40-44-51(61)50(49-68-58-57(66)56(65)55(64)52(48-60)69-58)59-53(62)45-41-37-33-29-26-22-19-17-20-23-27-31-35-39-43-47-67-54(63)46-42-38-34-30-24-14-12-10-8-6-4-2/h17,20,23,25,27-28,40,44,50-52,55-58,60-61,64-66H,3-16,18-19,21-22,24,26,29-39,41-43,45-49H2,1-2H3,(H,59,62)/b20-17-,27-23-,28-25+,44-40+. The van der Waals surface area contributed by atoms with E-state index in [4.69, 9.17) is 14.2 Å². The van der Waals surface area contributed by atoms with Gasteiger partial charge in [-0.2, -0.15) is 0 Å². The zero-order valence-corrected chi connectivity index (χ0v) is 44.0. The number of aliphatic hydroxyl groups is 5. The number of unbranched alkanes of at least 4 members (excludes halogenated alkanes) is 29. The second-order valence-corrected chi connectivity index (χ2v) is 19.7. The van der Waals surface area contributed by atoms with Gasteiger partial charge in [0.25, 0.3) is 0 Å². The fourth-order valence-corrected chi connectivity index (χ4v) is 8.62. The van der Waals surface area contributed by atoms with Crippen molar-refractivity contribution in [1.82, 2.24) is 5.32 Å². The third-order valence-corrected chi connectivity index (χ3v) is 13.2. The van der Waals surface area contributed by atoms with Crippen molar-refractivity contribution in [2.75, 3.05) is 19.8 Å². The maximum absolute atomic E-state index is 13.0. The van der Waals surface area contributed by atoms with Crippen LogP contribution in [-0.4, -0.2) is 100 Å². The number of aliphatic hydroxyl groups excluding tert-OH is 5. The summed E-state index contributed by atoms with van der Waals surface area (Å²) in [7, 11) is 0. The monoisotopic (exact) mass is 976 g/mol. The van der Waals surface area contributed by atoms with Gasteiger partial charge in [-0.05, 0) is 77.0 Å². The molecule has 0 aromatic carbocycles. The summed E-state index contributed by atoms with van der Waals surface area (Å²) in [6.45, 7) is 4.24. The number of carbonyl (C=O) groups is 2. The molecule has 1 rings (SSSR count). The van der Waals surface area contributed by atoms with Crippen molar-refractivity contribution in [2.45, 2.75) is 288 Å². The van der Waals surface area contributed by atoms with E-state index in [1.165, 1.54) is 116 Å². The van der Waals surface area contributed by atoms with E-state index in [-0.39, 0.29) is 18.5 Å². The first-order valence-corrected chi connectivity index (χ1v) is 28.4. The topological polar surface area (TPSA) is 175 Å². The van der Waals surface area contributed by atoms with E-state index in [1.54, 1.807) is 6.08 Å². The Hall–Kier alpha value is -2.38. The maximum atomic E-state index is 13.0. The van der Waals surface area contributed by atoms with Gasteiger partial charge in [-0.15, -0.1) is 0 Å². The Balaban J connectivity index is 2.22. The number of esters is 1. The number of amides is 1. The van der Waals surface area contributed by atoms with Gasteiger partial charge in [-0.25, -0.2) is 0 Å². The second-order valence-electron chi connectivity index (χ2n) is 19.7. The number of nitrogens with one attached hydrogen (secondary N) is 1. The van der Waals surface area contributed by atoms with Crippen molar-refractivity contribution >= 4 is 11.9 Å². The van der Waals surface area contributed by atoms with Crippen LogP contribution in [0, 0.1) is 0 Å². The fraction of sp³-hybridized carbons (Fsp3) is 0.828. The molecule has 0 saturated carbocycles. The van der Waals surface area contributed by atoms with Crippen LogP contribution in [0.3, 0.4) is 0 Å². The van der Waals surface area contributed by atoms with Crippen LogP contribution in [0.5, 0.6) is 0 Å². The summed E-state index contributed by atoms with van der Waals surface area (Å²) in [6, 6.07) is -0.845. The van der Waals surface area contributed by atoms with Crippen LogP contribution in [0.2, 0.25) is 0 Å². The Morgan fingerprint density at radius 1 is 0.536 bits per heavy atom. The minimum atomic E-state index is -1.59. The van der Waals surface area contributed by atoms with E-state index in [1.807, 2.05) is 6.08 Å². The molecule has 69 heavy (non-hydrogen) atoms. The molecule has 0 bridgehead atoms. The average molecular weight is 976 g/mol. The average Bonchev–Trinajstić information content (AvgIpc) is 3.34. The van der Waals surface area contributed by atoms with E-state index >= 15 is 0 Å². The number of carbonyl (C=O) groups excluding carboxylic acids is 2. The summed E-state index contributed by atoms with van der Waals surface area (Å²) in [5.74, 6) is -0.257. The highest BCUT2D eigenvalue weighted by atomic mass is 16.7. The first-order valence-electron chi connectivity index (χ1n) is 28.4. The molecule has 0 aliphatic carbocycles. The van der Waals surface area contributed by atoms with Crippen molar-refractivity contribution in [3.05, 3.63) is 48.6 Å². The SMILES string of the molecule is CCCCCCCCCCC/C=C/CC/C=C/C(O)C(COC1OC(CO)C(O)C(O)C1O)NC(=O)CCCCCCCC/C=C\C=C/CCCCCOC(=O)CCCCCCCCCCCCC. The van der Waals surface area contributed by atoms with Gasteiger partial charge < -0.3 is 45.1 Å². The van der Waals surface area contributed by atoms with E-state index in [0.29, 0.717) is 19.4 Å². The predicted octanol–water partition coefficient (Wildman–Crippen LogP) is 12.5. The summed E-state index contributed by atoms with van der Waals surface area (Å²) in [4.78, 5) is 25.0. The van der Waals surface area contributed by atoms with Gasteiger partial charge in [-0.1, -0.05) is 204 Å². The first-order chi connectivity index (χ1) is 33.7. The van der Waals surface area contributed by atoms with Crippen molar-refractivity contribution in [3.63, 3.8) is 0 Å². The van der Waals surface area contributed by atoms with Gasteiger partial charge in [0.05, 0.1) is 32.0 Å². The number of ether oxygens (including phenoxy) is 3. The van der Waals surface area contributed by atoms with Gasteiger partial charge in [0, 0.05) is 12.8 Å². The lowest BCUT2D eigenvalue weighted by Gasteiger charge is -2.40. The highest BCUT2D eigenvalue weighted by molar-refractivity contribution is 5.76. The Kier molecular flexibility index (Phi) is 44.9. The summed E-state index contributed by atoms with van der Waals surface area (Å²) in [5.41, 5.74) is 0. The minimum Gasteiger partial charge on any atom is -0.466 e. The molecule has 1 heterocycles. The van der Waals surface area contributed by atoms with Gasteiger partial charge in [0.1, 0.15) is 24.4 Å². The molecule has 1 saturated heterocycles. The molecule has 1 fully saturated rings. The third kappa shape index (κ3) is 38.0. The van der Waals surface area contributed by atoms with E-state index in [0.717, 1.165) is 103 Å². The third-order valence-electron chi connectivity index (χ3n) is 13.2. The lowest BCUT2D eigenvalue weighted by molar-refractivity contribution is -0.302. The zero-order chi connectivity index (χ0) is 50.3. The Labute approximate surface area is 421 Å². The zero-order valence-electron chi connectivity index (χ0n) is 44.0. The fourth-order valence-electron chi connectivity index (χ4n) is 8.62. The number of rotatable bonds is 48. The van der Waals surface area contributed by atoms with Gasteiger partial charge in [0.15, 0.2) is 6.29 Å². The molecule has 6 N–H and O–H groups in total. The lowest BCUT2D eigenvalue weighted by atomic mass is 9.99. The summed E-state index contributed by atoms with van der Waals surface area (Å²) in [5, 5.41) is 54.3. The minimum absolute atomic E-state index is 0.0426. The van der Waals surface area contributed by atoms with Crippen LogP contribution in [-0.2, 0) is 23.8 Å². The molecule has 0 radical (unpaired) electrons. The number of allylic oxidation sites excluding steroid dienone is 7. The predicted molar refractivity (Wildman–Crippen MR) is 283 cm³/mol. The molecular weight excluding hydrogens is 871 g/mol. The first kappa shape index (κ1) is 64.6. The molecule has 0 spiro atoms. The molecule has 11 nitrogen and oxygen atoms in total. The quantitative estimate of drug-likeness (QED) is 0.0149. The lowest BCUT2D eigenvalue weighted by Crippen LogP contribution is -2.60. The van der Waals surface area contributed by atoms with Crippen LogP contribution >= 0.6 is 0 Å². The molecule has 0 aromatic rings. The van der Waals surface area contributed by atoms with E-state index in [9.17, 15) is 35.1 Å². The molecule has 402 valence electrons. The molecule has 1 aliphatic rings. The van der Waals surface area contributed by atoms with Crippen LogP contribution in [0.4, 0.5) is 0 Å². The molecule has 7 unspecified atom stereocenters. The Bertz CT molecular complexity index is 1290. The van der Waals surface area contributed by atoms with Crippen molar-refractivity contribution in [3.8, 4) is 0 Å². The van der Waals surface area contributed by atoms with E-state index < -0.39 is 49.5 Å². The summed E-state index contributed by atoms with van der Waals surface area (Å²) < 4.78 is 16.6. The van der Waals surface area contributed by atoms with E-state index in [2.05, 4.69) is 55.6 Å². The second kappa shape index (κ2) is 47.9. The van der Waals surface area contributed by atoms with Gasteiger partial charge in [-0.3, -0.25) is 9.59 Å². The van der Waals surface area contributed by atoms with Crippen LogP contribution < -0.4 is 5.32 Å². The van der Waals surface area contributed by atoms with Crippen molar-refractivity contribution in [2.24, 2.45) is 0 Å². The van der Waals surface area contributed by atoms with Gasteiger partial charge in [0.2, 0.25) is 5.91 Å². The number of hydrogen-bond acceptors (Lipinski definition) is 10. The van der Waals surface area contributed by atoms with Crippen LogP contribution in [0.1, 0.15) is 245 Å². The Morgan fingerprint density at radius 2 is 0.986 bits per heavy atom. The number of hydrogen-bond donors (Lipinski definition) is 6. The Morgan fingerprint density at radius 3 is 1.52 bits per heavy atom. The molecule has 1 aliphatic heterocycles. The van der Waals surface area contributed by atoms with Crippen LogP contribution in [0.15, 0.2) is 48.6 Å². The molecule has 0 aromatic heterocycles. The normalized spacial score (nSPS) is 19.7. The van der Waals surface area contributed by atoms with Crippen molar-refractivity contribution < 1.29 is 49.3 Å². The largest absolute Gasteiger partial charge is 0.466 e. The smallest absolute Gasteiger partial charge is 0.305 e. The molecule has 7 atom stereocenters.